The van der Waals surface area contributed by atoms with Gasteiger partial charge in [0.15, 0.2) is 5.69 Å². The van der Waals surface area contributed by atoms with Crippen molar-refractivity contribution < 1.29 is 0 Å². The first kappa shape index (κ1) is 12.6. The summed E-state index contributed by atoms with van der Waals surface area (Å²) < 4.78 is 0. The first-order valence-electron chi connectivity index (χ1n) is 6.25. The molecule has 1 atom stereocenters. The number of anilines is 1. The van der Waals surface area contributed by atoms with Crippen molar-refractivity contribution in [1.29, 1.82) is 5.26 Å². The van der Waals surface area contributed by atoms with Crippen molar-refractivity contribution in [3.63, 3.8) is 0 Å². The van der Waals surface area contributed by atoms with E-state index in [0.717, 1.165) is 16.6 Å². The van der Waals surface area contributed by atoms with E-state index in [1.807, 2.05) is 35.7 Å². The molecule has 5 heteroatoms. The van der Waals surface area contributed by atoms with Crippen LogP contribution in [0.25, 0.3) is 10.9 Å². The van der Waals surface area contributed by atoms with Crippen molar-refractivity contribution in [1.82, 2.24) is 10.2 Å². The molecule has 0 aliphatic heterocycles. The van der Waals surface area contributed by atoms with E-state index in [-0.39, 0.29) is 6.04 Å². The third-order valence-electron chi connectivity index (χ3n) is 3.10. The number of fused-ring (bicyclic) bond motifs is 1. The summed E-state index contributed by atoms with van der Waals surface area (Å²) in [6.07, 6.45) is 0. The Morgan fingerprint density at radius 3 is 2.80 bits per heavy atom. The highest BCUT2D eigenvalue weighted by Gasteiger charge is 2.14. The minimum Gasteiger partial charge on any atom is -0.375 e. The van der Waals surface area contributed by atoms with Crippen molar-refractivity contribution >= 4 is 27.9 Å². The van der Waals surface area contributed by atoms with Crippen LogP contribution in [-0.2, 0) is 0 Å². The highest BCUT2D eigenvalue weighted by Crippen LogP contribution is 2.29. The van der Waals surface area contributed by atoms with Gasteiger partial charge in [-0.25, -0.2) is 0 Å². The zero-order chi connectivity index (χ0) is 13.9. The van der Waals surface area contributed by atoms with Gasteiger partial charge in [-0.05, 0) is 24.4 Å². The molecular formula is C15H12N4S. The number of aromatic nitrogens is 2. The van der Waals surface area contributed by atoms with Crippen LogP contribution in [0.15, 0.2) is 41.8 Å². The van der Waals surface area contributed by atoms with Crippen LogP contribution in [0, 0.1) is 11.3 Å². The van der Waals surface area contributed by atoms with Crippen LogP contribution in [-0.4, -0.2) is 10.2 Å². The van der Waals surface area contributed by atoms with Crippen molar-refractivity contribution in [2.75, 3.05) is 5.32 Å². The molecule has 1 aromatic carbocycles. The van der Waals surface area contributed by atoms with Gasteiger partial charge in [0.2, 0.25) is 0 Å². The van der Waals surface area contributed by atoms with E-state index in [0.29, 0.717) is 5.69 Å². The minimum atomic E-state index is 0.120. The average Bonchev–Trinajstić information content (AvgIpc) is 3.02. The van der Waals surface area contributed by atoms with Crippen molar-refractivity contribution in [3.8, 4) is 6.07 Å². The second-order valence-corrected chi connectivity index (χ2v) is 5.41. The molecule has 0 aliphatic rings. The van der Waals surface area contributed by atoms with Crippen molar-refractivity contribution in [2.45, 2.75) is 13.0 Å². The molecule has 0 saturated heterocycles. The maximum Gasteiger partial charge on any atom is 0.186 e. The molecule has 0 bridgehead atoms. The van der Waals surface area contributed by atoms with Gasteiger partial charge in [0.25, 0.3) is 0 Å². The van der Waals surface area contributed by atoms with Gasteiger partial charge in [-0.1, -0.05) is 24.3 Å². The number of thiophene rings is 1. The Bertz CT molecular complexity index is 774. The van der Waals surface area contributed by atoms with E-state index >= 15 is 0 Å². The Balaban J connectivity index is 2.07. The van der Waals surface area contributed by atoms with Crippen LogP contribution >= 0.6 is 11.3 Å². The van der Waals surface area contributed by atoms with Crippen LogP contribution in [0.3, 0.4) is 0 Å². The Morgan fingerprint density at radius 1 is 1.20 bits per heavy atom. The molecule has 3 aromatic rings. The lowest BCUT2D eigenvalue weighted by Crippen LogP contribution is -2.08. The molecule has 1 N–H and O–H groups in total. The van der Waals surface area contributed by atoms with Crippen molar-refractivity contribution in [3.05, 3.63) is 52.3 Å². The lowest BCUT2D eigenvalue weighted by molar-refractivity contribution is 0.902. The molecule has 3 rings (SSSR count). The lowest BCUT2D eigenvalue weighted by atomic mass is 10.1. The van der Waals surface area contributed by atoms with Gasteiger partial charge in [0.1, 0.15) is 6.07 Å². The number of hydrogen-bond donors (Lipinski definition) is 1. The number of benzene rings is 1. The van der Waals surface area contributed by atoms with Crippen LogP contribution in [0.2, 0.25) is 0 Å². The number of nitrogens with one attached hydrogen (secondary N) is 1. The number of hydrogen-bond acceptors (Lipinski definition) is 5. The van der Waals surface area contributed by atoms with E-state index in [2.05, 4.69) is 34.6 Å². The van der Waals surface area contributed by atoms with E-state index in [4.69, 9.17) is 0 Å². The van der Waals surface area contributed by atoms with Gasteiger partial charge in [-0.15, -0.1) is 21.5 Å². The molecule has 2 aromatic heterocycles. The van der Waals surface area contributed by atoms with E-state index in [1.165, 1.54) is 4.88 Å². The van der Waals surface area contributed by atoms with Gasteiger partial charge >= 0.3 is 0 Å². The molecule has 20 heavy (non-hydrogen) atoms. The number of nitrogens with zero attached hydrogens (tertiary/aromatic N) is 3. The molecule has 2 heterocycles. The predicted molar refractivity (Wildman–Crippen MR) is 80.6 cm³/mol. The zero-order valence-corrected chi connectivity index (χ0v) is 11.7. The summed E-state index contributed by atoms with van der Waals surface area (Å²) in [6, 6.07) is 14.0. The second-order valence-electron chi connectivity index (χ2n) is 4.43. The summed E-state index contributed by atoms with van der Waals surface area (Å²) in [6.45, 7) is 2.07. The monoisotopic (exact) mass is 280 g/mol. The number of nitriles is 1. The maximum absolute atomic E-state index is 9.23. The van der Waals surface area contributed by atoms with Gasteiger partial charge in [-0.2, -0.15) is 5.26 Å². The molecule has 0 saturated carbocycles. The van der Waals surface area contributed by atoms with Crippen LogP contribution in [0.1, 0.15) is 23.5 Å². The van der Waals surface area contributed by atoms with E-state index in [9.17, 15) is 5.26 Å². The van der Waals surface area contributed by atoms with Gasteiger partial charge in [-0.3, -0.25) is 0 Å². The third-order valence-corrected chi connectivity index (χ3v) is 4.16. The topological polar surface area (TPSA) is 61.6 Å². The second kappa shape index (κ2) is 5.27. The zero-order valence-electron chi connectivity index (χ0n) is 10.9. The first-order chi connectivity index (χ1) is 9.79. The average molecular weight is 280 g/mol. The Hall–Kier alpha value is -2.45. The third kappa shape index (κ3) is 2.22. The molecule has 98 valence electrons. The van der Waals surface area contributed by atoms with E-state index in [1.54, 1.807) is 11.3 Å². The first-order valence-corrected chi connectivity index (χ1v) is 7.13. The molecule has 0 amide bonds. The largest absolute Gasteiger partial charge is 0.375 e. The summed E-state index contributed by atoms with van der Waals surface area (Å²) in [4.78, 5) is 1.22. The summed E-state index contributed by atoms with van der Waals surface area (Å²) in [5.41, 5.74) is 1.86. The fourth-order valence-electron chi connectivity index (χ4n) is 2.10. The molecule has 0 aliphatic carbocycles. The summed E-state index contributed by atoms with van der Waals surface area (Å²) in [7, 11) is 0. The van der Waals surface area contributed by atoms with Gasteiger partial charge in [0, 0.05) is 10.3 Å². The van der Waals surface area contributed by atoms with E-state index < -0.39 is 0 Å². The van der Waals surface area contributed by atoms with Gasteiger partial charge in [0.05, 0.1) is 17.2 Å². The molecule has 1 unspecified atom stereocenters. The Morgan fingerprint density at radius 2 is 2.05 bits per heavy atom. The van der Waals surface area contributed by atoms with Crippen LogP contribution in [0.5, 0.6) is 0 Å². The summed E-state index contributed by atoms with van der Waals surface area (Å²) in [5.74, 6) is 0. The molecule has 0 fully saturated rings. The molecule has 0 radical (unpaired) electrons. The Kier molecular flexibility index (Phi) is 3.32. The maximum atomic E-state index is 9.23. The standard InChI is InChI=1S/C15H12N4S/c1-10(14-7-4-8-20-14)17-15-11-5-2-3-6-12(11)18-19-13(15)9-16/h2-8,10H,1H3,(H,17,18). The quantitative estimate of drug-likeness (QED) is 0.794. The smallest absolute Gasteiger partial charge is 0.186 e. The SMILES string of the molecule is CC(Nc1c(C#N)nnc2ccccc12)c1cccs1. The highest BCUT2D eigenvalue weighted by atomic mass is 32.1. The van der Waals surface area contributed by atoms with Crippen LogP contribution in [0.4, 0.5) is 5.69 Å². The molecule has 0 spiro atoms. The fraction of sp³-hybridized carbons (Fsp3) is 0.133. The molecular weight excluding hydrogens is 268 g/mol. The molecule has 4 nitrogen and oxygen atoms in total. The predicted octanol–water partition coefficient (Wildman–Crippen LogP) is 3.74. The number of rotatable bonds is 3. The minimum absolute atomic E-state index is 0.120. The Labute approximate surface area is 120 Å². The fourth-order valence-corrected chi connectivity index (χ4v) is 2.84. The highest BCUT2D eigenvalue weighted by molar-refractivity contribution is 7.10. The summed E-state index contributed by atoms with van der Waals surface area (Å²) >= 11 is 1.69. The summed E-state index contributed by atoms with van der Waals surface area (Å²) in [5, 5.41) is 23.6. The van der Waals surface area contributed by atoms with Gasteiger partial charge < -0.3 is 5.32 Å². The van der Waals surface area contributed by atoms with Crippen LogP contribution < -0.4 is 5.32 Å². The lowest BCUT2D eigenvalue weighted by Gasteiger charge is -2.15. The normalized spacial score (nSPS) is 12.0. The van der Waals surface area contributed by atoms with Crippen molar-refractivity contribution in [2.24, 2.45) is 0 Å².